The van der Waals surface area contributed by atoms with Gasteiger partial charge in [-0.2, -0.15) is 0 Å². The molecule has 1 amide bonds. The Morgan fingerprint density at radius 3 is 2.81 bits per heavy atom. The molecule has 0 aliphatic heterocycles. The fraction of sp³-hybridized carbons (Fsp3) is 0.105. The van der Waals surface area contributed by atoms with E-state index in [0.29, 0.717) is 11.1 Å². The Labute approximate surface area is 152 Å². The van der Waals surface area contributed by atoms with Crippen molar-refractivity contribution >= 4 is 45.4 Å². The summed E-state index contributed by atoms with van der Waals surface area (Å²) in [6, 6.07) is 14.8. The molecule has 2 aromatic heterocycles. The third-order valence-corrected chi connectivity index (χ3v) is 4.84. The average molecular weight is 365 g/mol. The van der Waals surface area contributed by atoms with E-state index in [9.17, 15) is 9.59 Å². The van der Waals surface area contributed by atoms with Crippen LogP contribution in [0.15, 0.2) is 69.0 Å². The van der Waals surface area contributed by atoms with Gasteiger partial charge in [-0.05, 0) is 30.5 Å². The van der Waals surface area contributed by atoms with E-state index in [-0.39, 0.29) is 23.6 Å². The summed E-state index contributed by atoms with van der Waals surface area (Å²) in [5.74, 6) is -0.300. The van der Waals surface area contributed by atoms with E-state index in [1.165, 1.54) is 10.9 Å². The molecule has 2 aromatic carbocycles. The molecule has 0 atom stereocenters. The number of hydrogen-bond donors (Lipinski definition) is 1. The summed E-state index contributed by atoms with van der Waals surface area (Å²) in [4.78, 5) is 30.3. The van der Waals surface area contributed by atoms with Crippen LogP contribution in [0.25, 0.3) is 22.1 Å². The Kier molecular flexibility index (Phi) is 4.22. The predicted molar refractivity (Wildman–Crippen MR) is 103 cm³/mol. The smallest absolute Gasteiger partial charge is 0.297 e. The van der Waals surface area contributed by atoms with Gasteiger partial charge >= 0.3 is 0 Å². The lowest BCUT2D eigenvalue weighted by Gasteiger charge is -2.10. The molecule has 4 aromatic rings. The molecule has 6 nitrogen and oxygen atoms in total. The number of rotatable bonds is 4. The summed E-state index contributed by atoms with van der Waals surface area (Å²) < 4.78 is 6.88. The molecular weight excluding hydrogens is 350 g/mol. The number of nitrogens with one attached hydrogen (secondary N) is 1. The van der Waals surface area contributed by atoms with Crippen molar-refractivity contribution in [1.29, 1.82) is 0 Å². The van der Waals surface area contributed by atoms with Crippen molar-refractivity contribution in [2.24, 2.45) is 0 Å². The van der Waals surface area contributed by atoms with Crippen molar-refractivity contribution in [2.75, 3.05) is 11.6 Å². The van der Waals surface area contributed by atoms with Crippen LogP contribution in [0.1, 0.15) is 0 Å². The monoisotopic (exact) mass is 365 g/mol. The van der Waals surface area contributed by atoms with Gasteiger partial charge in [0.25, 0.3) is 5.56 Å². The summed E-state index contributed by atoms with van der Waals surface area (Å²) in [7, 11) is 0. The zero-order valence-corrected chi connectivity index (χ0v) is 14.7. The fourth-order valence-electron chi connectivity index (χ4n) is 2.82. The van der Waals surface area contributed by atoms with Gasteiger partial charge in [0.1, 0.15) is 17.6 Å². The van der Waals surface area contributed by atoms with Crippen molar-refractivity contribution in [1.82, 2.24) is 9.55 Å². The maximum Gasteiger partial charge on any atom is 0.297 e. The zero-order valence-electron chi connectivity index (χ0n) is 13.9. The molecule has 0 radical (unpaired) electrons. The minimum atomic E-state index is -0.375. The number of thioether (sulfide) groups is 1. The first-order valence-electron chi connectivity index (χ1n) is 7.97. The molecule has 0 saturated carbocycles. The van der Waals surface area contributed by atoms with Gasteiger partial charge in [0.2, 0.25) is 11.5 Å². The van der Waals surface area contributed by atoms with E-state index in [0.717, 1.165) is 16.0 Å². The van der Waals surface area contributed by atoms with Gasteiger partial charge in [-0.15, -0.1) is 11.8 Å². The highest BCUT2D eigenvalue weighted by Gasteiger charge is 2.15. The number of carbonyl (C=O) groups is 1. The van der Waals surface area contributed by atoms with Crippen LogP contribution in [0.2, 0.25) is 0 Å². The number of para-hydroxylation sites is 2. The second kappa shape index (κ2) is 6.68. The predicted octanol–water partition coefficient (Wildman–Crippen LogP) is 3.50. The summed E-state index contributed by atoms with van der Waals surface area (Å²) in [6.45, 7) is -0.137. The number of carbonyl (C=O) groups excluding carboxylic acids is 1. The van der Waals surface area contributed by atoms with Crippen LogP contribution in [-0.2, 0) is 11.3 Å². The van der Waals surface area contributed by atoms with Crippen molar-refractivity contribution in [3.63, 3.8) is 0 Å². The lowest BCUT2D eigenvalue weighted by molar-refractivity contribution is -0.116. The third kappa shape index (κ3) is 2.86. The number of fused-ring (bicyclic) bond motifs is 3. The van der Waals surface area contributed by atoms with Gasteiger partial charge in [-0.25, -0.2) is 4.98 Å². The highest BCUT2D eigenvalue weighted by Crippen LogP contribution is 2.25. The van der Waals surface area contributed by atoms with Gasteiger partial charge in [0.15, 0.2) is 0 Å². The van der Waals surface area contributed by atoms with Crippen LogP contribution in [0.4, 0.5) is 5.69 Å². The van der Waals surface area contributed by atoms with Crippen molar-refractivity contribution in [3.8, 4) is 0 Å². The normalized spacial score (nSPS) is 11.1. The van der Waals surface area contributed by atoms with Crippen LogP contribution in [0, 0.1) is 0 Å². The van der Waals surface area contributed by atoms with Gasteiger partial charge in [-0.3, -0.25) is 14.2 Å². The maximum atomic E-state index is 12.7. The van der Waals surface area contributed by atoms with Crippen molar-refractivity contribution in [2.45, 2.75) is 11.4 Å². The quantitative estimate of drug-likeness (QED) is 0.560. The molecule has 1 N–H and O–H groups in total. The molecule has 2 heterocycles. The van der Waals surface area contributed by atoms with Crippen molar-refractivity contribution in [3.05, 3.63) is 65.2 Å². The highest BCUT2D eigenvalue weighted by molar-refractivity contribution is 7.98. The van der Waals surface area contributed by atoms with E-state index in [1.54, 1.807) is 17.8 Å². The van der Waals surface area contributed by atoms with E-state index < -0.39 is 0 Å². The number of aromatic nitrogens is 2. The Hall–Kier alpha value is -3.06. The minimum Gasteiger partial charge on any atom is -0.448 e. The molecule has 0 fully saturated rings. The summed E-state index contributed by atoms with van der Waals surface area (Å²) >= 11 is 1.54. The topological polar surface area (TPSA) is 77.1 Å². The van der Waals surface area contributed by atoms with E-state index in [2.05, 4.69) is 10.3 Å². The number of benzene rings is 2. The molecule has 0 unspecified atom stereocenters. The first-order chi connectivity index (χ1) is 12.7. The number of hydrogen-bond acceptors (Lipinski definition) is 5. The zero-order chi connectivity index (χ0) is 18.1. The molecule has 7 heteroatoms. The lowest BCUT2D eigenvalue weighted by Crippen LogP contribution is -2.27. The molecule has 0 spiro atoms. The standard InChI is InChI=1S/C19H15N3O3S/c1-26-15-9-5-3-7-13(15)21-16(23)10-22-11-20-17-12-6-2-4-8-14(12)25-18(17)19(22)24/h2-9,11H,10H2,1H3,(H,21,23). The first kappa shape index (κ1) is 16.4. The molecule has 26 heavy (non-hydrogen) atoms. The number of amides is 1. The average Bonchev–Trinajstić information content (AvgIpc) is 3.04. The fourth-order valence-corrected chi connectivity index (χ4v) is 3.37. The molecular formula is C19H15N3O3S. The van der Waals surface area contributed by atoms with Gasteiger partial charge in [0, 0.05) is 10.3 Å². The van der Waals surface area contributed by atoms with Crippen LogP contribution >= 0.6 is 11.8 Å². The molecule has 0 aliphatic rings. The summed E-state index contributed by atoms with van der Waals surface area (Å²) in [6.07, 6.45) is 3.32. The van der Waals surface area contributed by atoms with Crippen LogP contribution in [0.5, 0.6) is 0 Å². The lowest BCUT2D eigenvalue weighted by atomic mass is 10.2. The van der Waals surface area contributed by atoms with E-state index in [1.807, 2.05) is 48.7 Å². The molecule has 130 valence electrons. The molecule has 0 saturated heterocycles. The van der Waals surface area contributed by atoms with Crippen LogP contribution in [-0.4, -0.2) is 21.7 Å². The number of nitrogens with zero attached hydrogens (tertiary/aromatic N) is 2. The second-order valence-electron chi connectivity index (χ2n) is 5.70. The van der Waals surface area contributed by atoms with Gasteiger partial charge in [-0.1, -0.05) is 24.3 Å². The summed E-state index contributed by atoms with van der Waals surface area (Å²) in [5, 5.41) is 3.62. The number of furan rings is 1. The van der Waals surface area contributed by atoms with E-state index in [4.69, 9.17) is 4.42 Å². The Bertz CT molecular complexity index is 1180. The highest BCUT2D eigenvalue weighted by atomic mass is 32.2. The molecule has 0 aliphatic carbocycles. The summed E-state index contributed by atoms with van der Waals surface area (Å²) in [5.41, 5.74) is 1.61. The van der Waals surface area contributed by atoms with Crippen LogP contribution < -0.4 is 10.9 Å². The van der Waals surface area contributed by atoms with Gasteiger partial charge < -0.3 is 9.73 Å². The minimum absolute atomic E-state index is 0.137. The van der Waals surface area contributed by atoms with Crippen LogP contribution in [0.3, 0.4) is 0 Å². The number of anilines is 1. The van der Waals surface area contributed by atoms with E-state index >= 15 is 0 Å². The largest absolute Gasteiger partial charge is 0.448 e. The van der Waals surface area contributed by atoms with Gasteiger partial charge in [0.05, 0.1) is 12.0 Å². The molecule has 4 rings (SSSR count). The Morgan fingerprint density at radius 2 is 1.96 bits per heavy atom. The third-order valence-electron chi connectivity index (χ3n) is 4.05. The second-order valence-corrected chi connectivity index (χ2v) is 6.55. The Balaban J connectivity index is 1.65. The molecule has 0 bridgehead atoms. The Morgan fingerprint density at radius 1 is 1.19 bits per heavy atom. The first-order valence-corrected chi connectivity index (χ1v) is 9.19. The maximum absolute atomic E-state index is 12.7. The SMILES string of the molecule is CSc1ccccc1NC(=O)Cn1cnc2c(oc3ccccc32)c1=O. The van der Waals surface area contributed by atoms with Crippen molar-refractivity contribution < 1.29 is 9.21 Å².